The van der Waals surface area contributed by atoms with E-state index in [2.05, 4.69) is 4.99 Å². The number of allylic oxidation sites excluding steroid dienone is 2. The Morgan fingerprint density at radius 1 is 1.13 bits per heavy atom. The van der Waals surface area contributed by atoms with Crippen LogP contribution in [0.1, 0.15) is 36.0 Å². The van der Waals surface area contributed by atoms with E-state index < -0.39 is 41.3 Å². The monoisotopic (exact) mass is 327 g/mol. The van der Waals surface area contributed by atoms with Crippen molar-refractivity contribution in [2.45, 2.75) is 31.9 Å². The summed E-state index contributed by atoms with van der Waals surface area (Å²) in [6, 6.07) is 4.92. The third-order valence-corrected chi connectivity index (χ3v) is 3.36. The Bertz CT molecular complexity index is 690. The van der Waals surface area contributed by atoms with Crippen molar-refractivity contribution in [2.24, 2.45) is 4.99 Å². The molecule has 0 N–H and O–H groups in total. The zero-order valence-corrected chi connectivity index (χ0v) is 12.0. The number of ketones is 2. The SMILES string of the molecule is O=C(CCC(=O)c1cccc(F)c1)C1=C(C(F)(F)F)CCC=N1. The summed E-state index contributed by atoms with van der Waals surface area (Å²) in [4.78, 5) is 27.4. The molecule has 23 heavy (non-hydrogen) atoms. The molecular formula is C16H13F4NO2. The Kier molecular flexibility index (Phi) is 5.08. The molecule has 0 aliphatic carbocycles. The van der Waals surface area contributed by atoms with E-state index >= 15 is 0 Å². The zero-order chi connectivity index (χ0) is 17.0. The van der Waals surface area contributed by atoms with E-state index in [1.807, 2.05) is 0 Å². The van der Waals surface area contributed by atoms with Crippen molar-refractivity contribution in [3.8, 4) is 0 Å². The van der Waals surface area contributed by atoms with Gasteiger partial charge < -0.3 is 0 Å². The van der Waals surface area contributed by atoms with Crippen molar-refractivity contribution < 1.29 is 27.2 Å². The second-order valence-corrected chi connectivity index (χ2v) is 5.03. The summed E-state index contributed by atoms with van der Waals surface area (Å²) in [6.45, 7) is 0. The van der Waals surface area contributed by atoms with Gasteiger partial charge in [0.15, 0.2) is 11.6 Å². The second kappa shape index (κ2) is 6.85. The van der Waals surface area contributed by atoms with Crippen molar-refractivity contribution in [3.63, 3.8) is 0 Å². The maximum absolute atomic E-state index is 13.0. The summed E-state index contributed by atoms with van der Waals surface area (Å²) in [6.07, 6.45) is -4.24. The van der Waals surface area contributed by atoms with E-state index in [0.29, 0.717) is 0 Å². The molecule has 0 unspecified atom stereocenters. The molecule has 0 atom stereocenters. The van der Waals surface area contributed by atoms with Crippen molar-refractivity contribution in [1.82, 2.24) is 0 Å². The van der Waals surface area contributed by atoms with Crippen LogP contribution in [0.15, 0.2) is 40.5 Å². The van der Waals surface area contributed by atoms with Gasteiger partial charge in [0.05, 0.1) is 5.57 Å². The highest BCUT2D eigenvalue weighted by molar-refractivity contribution is 6.02. The van der Waals surface area contributed by atoms with Gasteiger partial charge in [-0.1, -0.05) is 12.1 Å². The third-order valence-electron chi connectivity index (χ3n) is 3.36. The summed E-state index contributed by atoms with van der Waals surface area (Å²) in [5, 5.41) is 0. The summed E-state index contributed by atoms with van der Waals surface area (Å²) in [5.74, 6) is -1.94. The fraction of sp³-hybridized carbons (Fsp3) is 0.312. The summed E-state index contributed by atoms with van der Waals surface area (Å²) in [5.41, 5.74) is -1.51. The first-order valence-corrected chi connectivity index (χ1v) is 6.94. The van der Waals surface area contributed by atoms with Crippen LogP contribution in [0.4, 0.5) is 17.6 Å². The number of halogens is 4. The van der Waals surface area contributed by atoms with E-state index in [9.17, 15) is 27.2 Å². The largest absolute Gasteiger partial charge is 0.414 e. The molecule has 0 fully saturated rings. The number of Topliss-reactive ketones (excluding diaryl/α,β-unsaturated/α-hetero) is 2. The molecule has 1 heterocycles. The minimum absolute atomic E-state index is 0.0787. The molecule has 3 nitrogen and oxygen atoms in total. The van der Waals surface area contributed by atoms with Gasteiger partial charge in [0.25, 0.3) is 0 Å². The van der Waals surface area contributed by atoms with Gasteiger partial charge in [0.2, 0.25) is 0 Å². The first kappa shape index (κ1) is 17.1. The number of benzene rings is 1. The number of rotatable bonds is 5. The molecule has 7 heteroatoms. The maximum atomic E-state index is 13.0. The highest BCUT2D eigenvalue weighted by Gasteiger charge is 2.38. The quantitative estimate of drug-likeness (QED) is 0.605. The minimum atomic E-state index is -4.62. The van der Waals surface area contributed by atoms with Crippen LogP contribution in [-0.2, 0) is 4.79 Å². The number of carbonyl (C=O) groups is 2. The number of aliphatic imine (C=N–C) groups is 1. The smallest absolute Gasteiger partial charge is 0.294 e. The van der Waals surface area contributed by atoms with Crippen LogP contribution >= 0.6 is 0 Å². The summed E-state index contributed by atoms with van der Waals surface area (Å²) < 4.78 is 51.6. The van der Waals surface area contributed by atoms with E-state index in [0.717, 1.165) is 6.07 Å². The number of hydrogen-bond acceptors (Lipinski definition) is 3. The van der Waals surface area contributed by atoms with Crippen molar-refractivity contribution in [1.29, 1.82) is 0 Å². The minimum Gasteiger partial charge on any atom is -0.294 e. The lowest BCUT2D eigenvalue weighted by Gasteiger charge is -2.16. The maximum Gasteiger partial charge on any atom is 0.414 e. The van der Waals surface area contributed by atoms with Crippen LogP contribution in [0.3, 0.4) is 0 Å². The molecular weight excluding hydrogens is 314 g/mol. The molecule has 0 amide bonds. The topological polar surface area (TPSA) is 46.5 Å². The molecule has 0 aromatic heterocycles. The lowest BCUT2D eigenvalue weighted by atomic mass is 9.98. The van der Waals surface area contributed by atoms with Gasteiger partial charge in [0, 0.05) is 24.6 Å². The Morgan fingerprint density at radius 3 is 2.48 bits per heavy atom. The van der Waals surface area contributed by atoms with Gasteiger partial charge in [-0.05, 0) is 25.0 Å². The molecule has 1 aromatic rings. The highest BCUT2D eigenvalue weighted by atomic mass is 19.4. The molecule has 1 aromatic carbocycles. The van der Waals surface area contributed by atoms with Gasteiger partial charge in [-0.3, -0.25) is 14.6 Å². The molecule has 1 aliphatic rings. The van der Waals surface area contributed by atoms with Gasteiger partial charge in [-0.2, -0.15) is 13.2 Å². The average Bonchev–Trinajstić information content (AvgIpc) is 2.51. The first-order valence-electron chi connectivity index (χ1n) is 6.94. The van der Waals surface area contributed by atoms with Crippen LogP contribution < -0.4 is 0 Å². The normalized spacial score (nSPS) is 15.0. The molecule has 2 rings (SSSR count). The molecule has 0 bridgehead atoms. The highest BCUT2D eigenvalue weighted by Crippen LogP contribution is 2.34. The summed E-state index contributed by atoms with van der Waals surface area (Å²) >= 11 is 0. The van der Waals surface area contributed by atoms with Crippen molar-refractivity contribution >= 4 is 17.8 Å². The Balaban J connectivity index is 2.08. The third kappa shape index (κ3) is 4.34. The Morgan fingerprint density at radius 2 is 1.83 bits per heavy atom. The van der Waals surface area contributed by atoms with E-state index in [1.54, 1.807) is 0 Å². The lowest BCUT2D eigenvalue weighted by molar-refractivity contribution is -0.118. The van der Waals surface area contributed by atoms with Crippen LogP contribution in [0, 0.1) is 5.82 Å². The molecule has 0 saturated carbocycles. The van der Waals surface area contributed by atoms with Crippen LogP contribution in [-0.4, -0.2) is 24.0 Å². The average molecular weight is 327 g/mol. The van der Waals surface area contributed by atoms with Crippen LogP contribution in [0.5, 0.6) is 0 Å². The van der Waals surface area contributed by atoms with E-state index in [-0.39, 0.29) is 24.8 Å². The van der Waals surface area contributed by atoms with Crippen LogP contribution in [0.25, 0.3) is 0 Å². The van der Waals surface area contributed by atoms with Gasteiger partial charge in [-0.15, -0.1) is 0 Å². The predicted octanol–water partition coefficient (Wildman–Crippen LogP) is 4.04. The number of hydrogen-bond donors (Lipinski definition) is 0. The lowest BCUT2D eigenvalue weighted by Crippen LogP contribution is -2.20. The molecule has 0 radical (unpaired) electrons. The van der Waals surface area contributed by atoms with Crippen molar-refractivity contribution in [2.75, 3.05) is 0 Å². The fourth-order valence-corrected chi connectivity index (χ4v) is 2.23. The number of nitrogens with zero attached hydrogens (tertiary/aromatic N) is 1. The molecule has 122 valence electrons. The summed E-state index contributed by atoms with van der Waals surface area (Å²) in [7, 11) is 0. The van der Waals surface area contributed by atoms with Gasteiger partial charge in [-0.25, -0.2) is 4.39 Å². The fourth-order valence-electron chi connectivity index (χ4n) is 2.23. The zero-order valence-electron chi connectivity index (χ0n) is 12.0. The number of carbonyl (C=O) groups excluding carboxylic acids is 2. The number of alkyl halides is 3. The molecule has 0 spiro atoms. The van der Waals surface area contributed by atoms with E-state index in [4.69, 9.17) is 0 Å². The second-order valence-electron chi connectivity index (χ2n) is 5.03. The predicted molar refractivity (Wildman–Crippen MR) is 75.8 cm³/mol. The standard InChI is InChI=1S/C16H13F4NO2/c17-11-4-1-3-10(9-11)13(22)6-7-14(23)15-12(16(18,19)20)5-2-8-21-15/h1,3-4,8-9H,2,5-7H2. The van der Waals surface area contributed by atoms with Crippen LogP contribution in [0.2, 0.25) is 0 Å². The van der Waals surface area contributed by atoms with Gasteiger partial charge >= 0.3 is 6.18 Å². The van der Waals surface area contributed by atoms with Crippen molar-refractivity contribution in [3.05, 3.63) is 46.9 Å². The van der Waals surface area contributed by atoms with Gasteiger partial charge in [0.1, 0.15) is 11.5 Å². The Labute approximate surface area is 129 Å². The Hall–Kier alpha value is -2.31. The molecule has 1 aliphatic heterocycles. The first-order chi connectivity index (χ1) is 10.8. The molecule has 0 saturated heterocycles. The van der Waals surface area contributed by atoms with E-state index in [1.165, 1.54) is 24.4 Å².